The Balaban J connectivity index is 1.59. The molecule has 1 N–H and O–H groups in total. The van der Waals surface area contributed by atoms with Gasteiger partial charge in [-0.2, -0.15) is 8.78 Å². The van der Waals surface area contributed by atoms with Gasteiger partial charge in [-0.1, -0.05) is 10.3 Å². The van der Waals surface area contributed by atoms with Gasteiger partial charge in [0.2, 0.25) is 0 Å². The van der Waals surface area contributed by atoms with E-state index in [-0.39, 0.29) is 17.8 Å². The maximum Gasteiger partial charge on any atom is 0.323 e. The first-order valence-electron chi connectivity index (χ1n) is 8.66. The topological polar surface area (TPSA) is 46.5 Å². The Labute approximate surface area is 137 Å². The molecular weight excluding hydrogens is 322 g/mol. The normalized spacial score (nSPS) is 42.1. The first kappa shape index (κ1) is 16.3. The predicted molar refractivity (Wildman–Crippen MR) is 85.9 cm³/mol. The number of ketones is 1. The molecule has 0 aromatic carbocycles. The Morgan fingerprint density at radius 1 is 1.22 bits per heavy atom. The third-order valence-electron chi connectivity index (χ3n) is 6.36. The molecule has 132 valence electrons. The van der Waals surface area contributed by atoms with E-state index < -0.39 is 27.3 Å². The van der Waals surface area contributed by atoms with Gasteiger partial charge in [0.15, 0.2) is 0 Å². The number of halogens is 2. The minimum atomic E-state index is -3.19. The molecule has 0 amide bonds. The van der Waals surface area contributed by atoms with E-state index in [9.17, 15) is 18.1 Å². The van der Waals surface area contributed by atoms with E-state index in [2.05, 4.69) is 0 Å². The maximum absolute atomic E-state index is 14.8. The van der Waals surface area contributed by atoms with Crippen molar-refractivity contribution in [2.75, 3.05) is 12.5 Å². The highest BCUT2D eigenvalue weighted by Gasteiger charge is 2.62. The molecule has 6 heteroatoms. The molecule has 0 aliphatic heterocycles. The molecular formula is C17H26F2O3S. The van der Waals surface area contributed by atoms with Crippen molar-refractivity contribution < 1.29 is 22.9 Å². The Kier molecular flexibility index (Phi) is 3.48. The first-order valence-corrected chi connectivity index (χ1v) is 11.1. The summed E-state index contributed by atoms with van der Waals surface area (Å²) in [6.07, 6.45) is 6.67. The molecule has 5 rings (SSSR count). The lowest BCUT2D eigenvalue weighted by Gasteiger charge is -2.57. The highest BCUT2D eigenvalue weighted by molar-refractivity contribution is 8.28. The van der Waals surface area contributed by atoms with Gasteiger partial charge in [-0.25, -0.2) is 0 Å². The van der Waals surface area contributed by atoms with Gasteiger partial charge in [-0.3, -0.25) is 4.79 Å². The Hall–Kier alpha value is -0.200. The second kappa shape index (κ2) is 4.92. The van der Waals surface area contributed by atoms with Crippen molar-refractivity contribution in [3.63, 3.8) is 0 Å². The van der Waals surface area contributed by atoms with Crippen LogP contribution in [0, 0.1) is 23.7 Å². The number of hydrogen-bond donors (Lipinski definition) is 1. The minimum Gasteiger partial charge on any atom is -0.364 e. The molecule has 0 saturated heterocycles. The summed E-state index contributed by atoms with van der Waals surface area (Å²) in [4.78, 5) is 12.3. The number of hydrogen-bond acceptors (Lipinski definition) is 3. The molecule has 3 unspecified atom stereocenters. The van der Waals surface area contributed by atoms with Crippen LogP contribution in [0.3, 0.4) is 0 Å². The van der Waals surface area contributed by atoms with Crippen LogP contribution in [0.5, 0.6) is 0 Å². The molecule has 5 aliphatic rings. The second-order valence-corrected chi connectivity index (χ2v) is 11.7. The van der Waals surface area contributed by atoms with E-state index in [1.54, 1.807) is 0 Å². The molecule has 3 nitrogen and oxygen atoms in total. The Morgan fingerprint density at radius 3 is 2.26 bits per heavy atom. The smallest absolute Gasteiger partial charge is 0.323 e. The summed E-state index contributed by atoms with van der Waals surface area (Å²) in [7, 11) is -3.03. The molecule has 0 aromatic heterocycles. The zero-order valence-electron chi connectivity index (χ0n) is 13.8. The van der Waals surface area contributed by atoms with Crippen LogP contribution in [0.4, 0.5) is 8.78 Å². The van der Waals surface area contributed by atoms with Crippen LogP contribution in [-0.4, -0.2) is 39.8 Å². The monoisotopic (exact) mass is 348 g/mol. The molecule has 0 spiro atoms. The van der Waals surface area contributed by atoms with E-state index >= 15 is 0 Å². The summed E-state index contributed by atoms with van der Waals surface area (Å²) in [5, 5.41) is -3.19. The predicted octanol–water partition coefficient (Wildman–Crippen LogP) is 4.06. The lowest BCUT2D eigenvalue weighted by molar-refractivity contribution is -0.222. The first-order chi connectivity index (χ1) is 10.6. The van der Waals surface area contributed by atoms with Gasteiger partial charge in [0.05, 0.1) is 5.60 Å². The molecule has 5 aliphatic carbocycles. The van der Waals surface area contributed by atoms with Crippen molar-refractivity contribution in [3.05, 3.63) is 0 Å². The zero-order valence-corrected chi connectivity index (χ0v) is 14.6. The largest absolute Gasteiger partial charge is 0.364 e. The van der Waals surface area contributed by atoms with Crippen molar-refractivity contribution in [1.82, 2.24) is 0 Å². The molecule has 0 aromatic rings. The lowest BCUT2D eigenvalue weighted by atomic mass is 9.53. The molecule has 23 heavy (non-hydrogen) atoms. The van der Waals surface area contributed by atoms with Gasteiger partial charge in [-0.05, 0) is 69.3 Å². The van der Waals surface area contributed by atoms with Crippen molar-refractivity contribution in [3.8, 4) is 0 Å². The van der Waals surface area contributed by atoms with Gasteiger partial charge in [-0.15, -0.1) is 0 Å². The fourth-order valence-electron chi connectivity index (χ4n) is 5.21. The summed E-state index contributed by atoms with van der Waals surface area (Å²) >= 11 is 0. The van der Waals surface area contributed by atoms with Crippen molar-refractivity contribution in [2.45, 2.75) is 61.9 Å². The summed E-state index contributed by atoms with van der Waals surface area (Å²) < 4.78 is 45.9. The number of Topliss-reactive ketones (excluding diaryl/α,β-unsaturated/α-hetero) is 1. The Bertz CT molecular complexity index is 508. The molecule has 4 bridgehead atoms. The highest BCUT2D eigenvalue weighted by atomic mass is 32.3. The van der Waals surface area contributed by atoms with E-state index in [0.717, 1.165) is 32.1 Å². The zero-order chi connectivity index (χ0) is 16.6. The number of alkyl halides is 2. The standard InChI is InChI=1S/C17H26F2O3S/c1-23(2,21)17(18,19)15(11-3-4-11)22-16-7-10-5-12(8-16)14(20)13(6-10)9-16/h10-13,15,21H,3-9H2,1-2H3. The Morgan fingerprint density at radius 2 is 1.78 bits per heavy atom. The van der Waals surface area contributed by atoms with Crippen LogP contribution >= 0.6 is 10.3 Å². The SMILES string of the molecule is CS(C)(O)C(F)(F)C(OC12CC3CC(C1)C(=O)C(C3)C2)C1CC1. The molecule has 0 radical (unpaired) electrons. The molecule has 5 fully saturated rings. The quantitative estimate of drug-likeness (QED) is 0.815. The summed E-state index contributed by atoms with van der Waals surface area (Å²) in [6.45, 7) is 0. The maximum atomic E-state index is 14.8. The van der Waals surface area contributed by atoms with E-state index in [1.165, 1.54) is 12.5 Å². The number of carbonyl (C=O) groups is 1. The second-order valence-electron chi connectivity index (χ2n) is 8.64. The van der Waals surface area contributed by atoms with Gasteiger partial charge in [0, 0.05) is 11.8 Å². The summed E-state index contributed by atoms with van der Waals surface area (Å²) in [6, 6.07) is 0. The third kappa shape index (κ3) is 2.56. The van der Waals surface area contributed by atoms with Crippen LogP contribution in [-0.2, 0) is 9.53 Å². The fourth-order valence-corrected chi connectivity index (χ4v) is 6.02. The van der Waals surface area contributed by atoms with Crippen molar-refractivity contribution >= 4 is 16.1 Å². The van der Waals surface area contributed by atoms with Crippen LogP contribution in [0.1, 0.15) is 44.9 Å². The fraction of sp³-hybridized carbons (Fsp3) is 0.941. The van der Waals surface area contributed by atoms with Crippen LogP contribution in [0.25, 0.3) is 0 Å². The summed E-state index contributed by atoms with van der Waals surface area (Å²) in [5.74, 6) is 0.678. The van der Waals surface area contributed by atoms with Crippen LogP contribution < -0.4 is 0 Å². The third-order valence-corrected chi connectivity index (χ3v) is 7.93. The molecule has 5 saturated carbocycles. The van der Waals surface area contributed by atoms with E-state index in [1.807, 2.05) is 0 Å². The van der Waals surface area contributed by atoms with Gasteiger partial charge >= 0.3 is 5.25 Å². The number of ether oxygens (including phenoxy) is 1. The minimum absolute atomic E-state index is 0.0178. The average Bonchev–Trinajstić information content (AvgIpc) is 3.24. The number of rotatable bonds is 5. The summed E-state index contributed by atoms with van der Waals surface area (Å²) in [5.41, 5.74) is -0.550. The van der Waals surface area contributed by atoms with Gasteiger partial charge in [0.1, 0.15) is 11.9 Å². The van der Waals surface area contributed by atoms with E-state index in [4.69, 9.17) is 4.74 Å². The van der Waals surface area contributed by atoms with Crippen molar-refractivity contribution in [2.24, 2.45) is 23.7 Å². The van der Waals surface area contributed by atoms with Crippen LogP contribution in [0.15, 0.2) is 0 Å². The lowest BCUT2D eigenvalue weighted by Crippen LogP contribution is -2.59. The average molecular weight is 348 g/mol. The van der Waals surface area contributed by atoms with Crippen LogP contribution in [0.2, 0.25) is 0 Å². The van der Waals surface area contributed by atoms with E-state index in [0.29, 0.717) is 24.5 Å². The number of carbonyl (C=O) groups excluding carboxylic acids is 1. The van der Waals surface area contributed by atoms with Gasteiger partial charge in [0.25, 0.3) is 0 Å². The molecule has 0 heterocycles. The molecule has 3 atom stereocenters. The highest BCUT2D eigenvalue weighted by Crippen LogP contribution is 2.62. The van der Waals surface area contributed by atoms with Gasteiger partial charge < -0.3 is 9.29 Å². The van der Waals surface area contributed by atoms with Crippen molar-refractivity contribution in [1.29, 1.82) is 0 Å².